The van der Waals surface area contributed by atoms with Crippen LogP contribution in [0.25, 0.3) is 0 Å². The lowest BCUT2D eigenvalue weighted by Crippen LogP contribution is -2.10. The lowest BCUT2D eigenvalue weighted by Gasteiger charge is -2.13. The second-order valence-electron chi connectivity index (χ2n) is 3.42. The number of benzene rings is 1. The molecule has 0 aliphatic heterocycles. The normalized spacial score (nSPS) is 11.7. The number of para-hydroxylation sites is 1. The Bertz CT molecular complexity index is 427. The fraction of sp³-hybridized carbons (Fsp3) is 0.250. The molecular weight excluding hydrogens is 432 g/mol. The molecular formula is C12H11Br3O3. The average Bonchev–Trinajstić information content (AvgIpc) is 2.29. The summed E-state index contributed by atoms with van der Waals surface area (Å²) in [6, 6.07) is 9.37. The van der Waals surface area contributed by atoms with Crippen LogP contribution >= 0.6 is 47.8 Å². The van der Waals surface area contributed by atoms with Crippen molar-refractivity contribution in [3.8, 4) is 5.75 Å². The highest BCUT2D eigenvalue weighted by Gasteiger charge is 2.14. The maximum Gasteiger partial charge on any atom is 0.333 e. The van der Waals surface area contributed by atoms with Gasteiger partial charge in [-0.25, -0.2) is 4.79 Å². The molecule has 0 saturated carbocycles. The van der Waals surface area contributed by atoms with E-state index in [0.717, 1.165) is 5.75 Å². The van der Waals surface area contributed by atoms with Gasteiger partial charge in [0.05, 0.1) is 8.96 Å². The largest absolute Gasteiger partial charge is 0.479 e. The monoisotopic (exact) mass is 440 g/mol. The summed E-state index contributed by atoms with van der Waals surface area (Å²) in [5, 5.41) is 8.74. The minimum atomic E-state index is -0.946. The van der Waals surface area contributed by atoms with E-state index in [1.54, 1.807) is 0 Å². The highest BCUT2D eigenvalue weighted by Crippen LogP contribution is 2.25. The van der Waals surface area contributed by atoms with Crippen molar-refractivity contribution in [3.05, 3.63) is 39.3 Å². The minimum Gasteiger partial charge on any atom is -0.479 e. The first kappa shape index (κ1) is 15.7. The first-order chi connectivity index (χ1) is 8.50. The van der Waals surface area contributed by atoms with Gasteiger partial charge < -0.3 is 9.84 Å². The second kappa shape index (κ2) is 7.96. The molecule has 3 nitrogen and oxygen atoms in total. The van der Waals surface area contributed by atoms with E-state index < -0.39 is 5.97 Å². The Balaban J connectivity index is 2.49. The SMILES string of the molecule is O=C(O)C(CCC(Br)Oc1ccccc1)=C(Br)Br. The van der Waals surface area contributed by atoms with Gasteiger partial charge in [0, 0.05) is 0 Å². The summed E-state index contributed by atoms with van der Waals surface area (Å²) in [7, 11) is 0. The highest BCUT2D eigenvalue weighted by molar-refractivity contribution is 9.28. The highest BCUT2D eigenvalue weighted by atomic mass is 79.9. The maximum absolute atomic E-state index is 10.9. The molecule has 0 bridgehead atoms. The van der Waals surface area contributed by atoms with Gasteiger partial charge in [0.1, 0.15) is 5.75 Å². The Labute approximate surface area is 131 Å². The lowest BCUT2D eigenvalue weighted by atomic mass is 10.2. The molecule has 18 heavy (non-hydrogen) atoms. The molecule has 98 valence electrons. The van der Waals surface area contributed by atoms with E-state index in [-0.39, 0.29) is 10.6 Å². The summed E-state index contributed by atoms with van der Waals surface area (Å²) in [4.78, 5) is 10.9. The van der Waals surface area contributed by atoms with Crippen molar-refractivity contribution in [2.45, 2.75) is 17.9 Å². The molecule has 0 aromatic heterocycles. The summed E-state index contributed by atoms with van der Waals surface area (Å²) in [5.74, 6) is -0.198. The van der Waals surface area contributed by atoms with E-state index in [9.17, 15) is 4.79 Å². The van der Waals surface area contributed by atoms with Gasteiger partial charge in [-0.2, -0.15) is 0 Å². The summed E-state index contributed by atoms with van der Waals surface area (Å²) in [6.45, 7) is 0. The number of alkyl halides is 1. The van der Waals surface area contributed by atoms with Crippen molar-refractivity contribution in [2.75, 3.05) is 0 Å². The zero-order valence-electron chi connectivity index (χ0n) is 9.28. The zero-order chi connectivity index (χ0) is 13.5. The number of rotatable bonds is 6. The Hall–Kier alpha value is -0.330. The van der Waals surface area contributed by atoms with E-state index in [1.807, 2.05) is 30.3 Å². The molecule has 0 saturated heterocycles. The van der Waals surface area contributed by atoms with E-state index in [0.29, 0.717) is 16.2 Å². The molecule has 1 aromatic carbocycles. The molecule has 0 heterocycles. The van der Waals surface area contributed by atoms with Gasteiger partial charge in [0.25, 0.3) is 0 Å². The molecule has 0 aliphatic carbocycles. The lowest BCUT2D eigenvalue weighted by molar-refractivity contribution is -0.132. The minimum absolute atomic E-state index is 0.228. The smallest absolute Gasteiger partial charge is 0.333 e. The van der Waals surface area contributed by atoms with E-state index in [4.69, 9.17) is 9.84 Å². The van der Waals surface area contributed by atoms with Crippen LogP contribution < -0.4 is 4.74 Å². The van der Waals surface area contributed by atoms with Crippen LogP contribution in [0.1, 0.15) is 12.8 Å². The van der Waals surface area contributed by atoms with Crippen LogP contribution in [-0.4, -0.2) is 16.1 Å². The van der Waals surface area contributed by atoms with Crippen LogP contribution in [0.15, 0.2) is 39.3 Å². The van der Waals surface area contributed by atoms with Crippen LogP contribution in [0.2, 0.25) is 0 Å². The molecule has 0 fully saturated rings. The van der Waals surface area contributed by atoms with E-state index in [1.165, 1.54) is 0 Å². The molecule has 0 aliphatic rings. The molecule has 1 atom stereocenters. The van der Waals surface area contributed by atoms with Gasteiger partial charge in [-0.3, -0.25) is 0 Å². The standard InChI is InChI=1S/C12H11Br3O3/c13-10(18-8-4-2-1-3-5-8)7-6-9(11(14)15)12(16)17/h1-5,10H,6-7H2,(H,16,17). The molecule has 0 amide bonds. The van der Waals surface area contributed by atoms with Gasteiger partial charge >= 0.3 is 5.97 Å². The van der Waals surface area contributed by atoms with Crippen LogP contribution in [0, 0.1) is 0 Å². The number of aliphatic carboxylic acids is 1. The quantitative estimate of drug-likeness (QED) is 0.515. The second-order valence-corrected chi connectivity index (χ2v) is 7.10. The molecule has 1 N–H and O–H groups in total. The van der Waals surface area contributed by atoms with Crippen molar-refractivity contribution in [2.24, 2.45) is 0 Å². The summed E-state index contributed by atoms with van der Waals surface area (Å²) < 4.78 is 6.05. The third kappa shape index (κ3) is 5.54. The molecule has 0 spiro atoms. The third-order valence-electron chi connectivity index (χ3n) is 2.11. The fourth-order valence-corrected chi connectivity index (χ4v) is 2.43. The van der Waals surface area contributed by atoms with Crippen LogP contribution in [0.4, 0.5) is 0 Å². The average molecular weight is 443 g/mol. The van der Waals surface area contributed by atoms with E-state index in [2.05, 4.69) is 47.8 Å². The van der Waals surface area contributed by atoms with Crippen molar-refractivity contribution >= 4 is 53.8 Å². The topological polar surface area (TPSA) is 46.5 Å². The van der Waals surface area contributed by atoms with Crippen LogP contribution in [0.3, 0.4) is 0 Å². The Morgan fingerprint density at radius 2 is 1.89 bits per heavy atom. The predicted molar refractivity (Wildman–Crippen MR) is 81.5 cm³/mol. The fourth-order valence-electron chi connectivity index (χ4n) is 1.25. The Morgan fingerprint density at radius 3 is 2.39 bits per heavy atom. The molecule has 0 radical (unpaired) electrons. The van der Waals surface area contributed by atoms with Gasteiger partial charge in [-0.1, -0.05) is 18.2 Å². The molecule has 1 unspecified atom stereocenters. The molecule has 6 heteroatoms. The van der Waals surface area contributed by atoms with Gasteiger partial charge in [-0.05, 0) is 72.8 Å². The zero-order valence-corrected chi connectivity index (χ0v) is 14.0. The number of carbonyl (C=O) groups is 1. The van der Waals surface area contributed by atoms with Crippen LogP contribution in [-0.2, 0) is 4.79 Å². The summed E-state index contributed by atoms with van der Waals surface area (Å²) in [5.41, 5.74) is 0.288. The number of carboxylic acid groups (broad SMARTS) is 1. The maximum atomic E-state index is 10.9. The van der Waals surface area contributed by atoms with Gasteiger partial charge in [0.15, 0.2) is 5.01 Å². The van der Waals surface area contributed by atoms with E-state index >= 15 is 0 Å². The van der Waals surface area contributed by atoms with Gasteiger partial charge in [0.2, 0.25) is 0 Å². The van der Waals surface area contributed by atoms with Crippen LogP contribution in [0.5, 0.6) is 5.75 Å². The predicted octanol–water partition coefficient (Wildman–Crippen LogP) is 4.65. The third-order valence-corrected chi connectivity index (χ3v) is 3.72. The number of hydrogen-bond acceptors (Lipinski definition) is 2. The number of ether oxygens (including phenoxy) is 1. The number of carboxylic acids is 1. The van der Waals surface area contributed by atoms with Crippen molar-refractivity contribution < 1.29 is 14.6 Å². The summed E-state index contributed by atoms with van der Waals surface area (Å²) >= 11 is 9.61. The van der Waals surface area contributed by atoms with Crippen molar-refractivity contribution in [3.63, 3.8) is 0 Å². The summed E-state index contributed by atoms with van der Waals surface area (Å²) in [6.07, 6.45) is 0.946. The molecule has 1 aromatic rings. The first-order valence-electron chi connectivity index (χ1n) is 5.14. The van der Waals surface area contributed by atoms with Gasteiger partial charge in [-0.15, -0.1) is 0 Å². The van der Waals surface area contributed by atoms with Crippen molar-refractivity contribution in [1.29, 1.82) is 0 Å². The number of halogens is 3. The van der Waals surface area contributed by atoms with Crippen molar-refractivity contribution in [1.82, 2.24) is 0 Å². The Kier molecular flexibility index (Phi) is 6.96. The first-order valence-corrected chi connectivity index (χ1v) is 7.64. The Morgan fingerprint density at radius 1 is 1.28 bits per heavy atom. The molecule has 1 rings (SSSR count). The number of hydrogen-bond donors (Lipinski definition) is 1.